The molecule has 3 aromatic heterocycles. The van der Waals surface area contributed by atoms with Crippen LogP contribution in [0.2, 0.25) is 0 Å². The van der Waals surface area contributed by atoms with E-state index in [1.807, 2.05) is 40.1 Å². The Morgan fingerprint density at radius 1 is 0.486 bits per heavy atom. The monoisotopic (exact) mass is 570 g/mol. The lowest BCUT2D eigenvalue weighted by Crippen LogP contribution is -1.94. The lowest BCUT2D eigenvalue weighted by atomic mass is 10.1. The predicted molar refractivity (Wildman–Crippen MR) is 166 cm³/mol. The van der Waals surface area contributed by atoms with E-state index in [1.165, 1.54) is 86.2 Å². The lowest BCUT2D eigenvalue weighted by molar-refractivity contribution is 0.109. The van der Waals surface area contributed by atoms with Crippen molar-refractivity contribution in [3.05, 3.63) is 82.0 Å². The van der Waals surface area contributed by atoms with Crippen LogP contribution in [-0.4, -0.2) is 12.4 Å². The predicted octanol–water partition coefficient (Wildman–Crippen LogP) is 10.5. The number of benzene rings is 1. The van der Waals surface area contributed by atoms with E-state index in [2.05, 4.69) is 73.3 Å². The number of rotatable bonds is 18. The molecule has 0 atom stereocenters. The van der Waals surface area contributed by atoms with Gasteiger partial charge in [-0.15, -0.1) is 34.0 Å². The second kappa shape index (κ2) is 16.5. The van der Waals surface area contributed by atoms with Crippen LogP contribution in [0.4, 0.5) is 0 Å². The maximum atomic E-state index is 5.96. The average molecular weight is 571 g/mol. The first-order chi connectivity index (χ1) is 18.3. The van der Waals surface area contributed by atoms with Crippen molar-refractivity contribution in [3.8, 4) is 19.5 Å². The van der Waals surface area contributed by atoms with Crippen LogP contribution in [0.15, 0.2) is 66.7 Å². The number of hydrogen-bond acceptors (Lipinski definition) is 6. The van der Waals surface area contributed by atoms with Crippen molar-refractivity contribution in [2.45, 2.75) is 71.2 Å². The molecular formula is C31H38O2S4. The topological polar surface area (TPSA) is 18.5 Å². The molecule has 0 bridgehead atoms. The summed E-state index contributed by atoms with van der Waals surface area (Å²) in [5, 5.41) is 0. The Balaban J connectivity index is 1.14. The van der Waals surface area contributed by atoms with Crippen LogP contribution in [0.1, 0.15) is 66.7 Å². The standard InChI is InChI=1S/C31H38O2S4/c34-21-11-6-4-2-1-3-5-10-20-32-23-26-14-16-28(35-26)30-18-19-31(37-30)29-17-15-27(36-29)24-33-22-25-12-8-7-9-13-25/h7-9,12-19,34H,1-6,10-11,20-24H2. The second-order valence-corrected chi connectivity index (χ2v) is 13.1. The summed E-state index contributed by atoms with van der Waals surface area (Å²) in [6.45, 7) is 2.90. The molecular weight excluding hydrogens is 533 g/mol. The minimum atomic E-state index is 0.652. The number of ether oxygens (including phenoxy) is 2. The summed E-state index contributed by atoms with van der Waals surface area (Å²) < 4.78 is 11.9. The van der Waals surface area contributed by atoms with E-state index in [-0.39, 0.29) is 0 Å². The van der Waals surface area contributed by atoms with Crippen molar-refractivity contribution >= 4 is 46.6 Å². The molecule has 4 rings (SSSR count). The van der Waals surface area contributed by atoms with Gasteiger partial charge < -0.3 is 9.47 Å². The van der Waals surface area contributed by atoms with Gasteiger partial charge >= 0.3 is 0 Å². The smallest absolute Gasteiger partial charge is 0.0814 e. The molecule has 0 aliphatic heterocycles. The first-order valence-electron chi connectivity index (χ1n) is 13.4. The highest BCUT2D eigenvalue weighted by molar-refractivity contribution is 7.80. The van der Waals surface area contributed by atoms with Gasteiger partial charge in [-0.1, -0.05) is 68.9 Å². The summed E-state index contributed by atoms with van der Waals surface area (Å²) in [6.07, 6.45) is 10.5. The SMILES string of the molecule is SCCCCCCCCCCOCc1ccc(-c2ccc(-c3ccc(COCc4ccccc4)s3)s2)s1. The van der Waals surface area contributed by atoms with Crippen molar-refractivity contribution in [1.29, 1.82) is 0 Å². The van der Waals surface area contributed by atoms with Crippen LogP contribution >= 0.6 is 46.6 Å². The molecule has 1 aromatic carbocycles. The second-order valence-electron chi connectivity index (χ2n) is 9.28. The van der Waals surface area contributed by atoms with E-state index in [0.717, 1.165) is 19.0 Å². The number of thiophene rings is 3. The van der Waals surface area contributed by atoms with Crippen LogP contribution < -0.4 is 0 Å². The maximum absolute atomic E-state index is 5.96. The molecule has 3 heterocycles. The molecule has 0 aliphatic rings. The lowest BCUT2D eigenvalue weighted by Gasteiger charge is -2.03. The van der Waals surface area contributed by atoms with Crippen molar-refractivity contribution in [2.75, 3.05) is 12.4 Å². The number of thiol groups is 1. The maximum Gasteiger partial charge on any atom is 0.0814 e. The zero-order valence-corrected chi connectivity index (χ0v) is 24.9. The van der Waals surface area contributed by atoms with Crippen molar-refractivity contribution < 1.29 is 9.47 Å². The molecule has 0 radical (unpaired) electrons. The van der Waals surface area contributed by atoms with Crippen LogP contribution in [0, 0.1) is 0 Å². The summed E-state index contributed by atoms with van der Waals surface area (Å²) in [7, 11) is 0. The Labute approximate surface area is 240 Å². The molecule has 0 amide bonds. The van der Waals surface area contributed by atoms with Gasteiger partial charge in [0.1, 0.15) is 0 Å². The zero-order valence-electron chi connectivity index (χ0n) is 21.5. The Morgan fingerprint density at radius 3 is 1.62 bits per heavy atom. The minimum Gasteiger partial charge on any atom is -0.376 e. The van der Waals surface area contributed by atoms with E-state index in [0.29, 0.717) is 13.2 Å². The molecule has 0 aliphatic carbocycles. The first kappa shape index (κ1) is 28.6. The third-order valence-corrected chi connectivity index (χ3v) is 10.1. The van der Waals surface area contributed by atoms with Gasteiger partial charge in [-0.3, -0.25) is 0 Å². The van der Waals surface area contributed by atoms with E-state index < -0.39 is 0 Å². The summed E-state index contributed by atoms with van der Waals surface area (Å²) in [5.74, 6) is 1.03. The van der Waals surface area contributed by atoms with Gasteiger partial charge in [-0.25, -0.2) is 0 Å². The molecule has 4 aromatic rings. The van der Waals surface area contributed by atoms with Crippen LogP contribution in [0.3, 0.4) is 0 Å². The molecule has 0 unspecified atom stereocenters. The van der Waals surface area contributed by atoms with E-state index >= 15 is 0 Å². The van der Waals surface area contributed by atoms with Gasteiger partial charge in [0.15, 0.2) is 0 Å². The number of hydrogen-bond donors (Lipinski definition) is 1. The fourth-order valence-electron chi connectivity index (χ4n) is 4.17. The highest BCUT2D eigenvalue weighted by Crippen LogP contribution is 2.40. The Bertz CT molecular complexity index is 1140. The van der Waals surface area contributed by atoms with E-state index in [4.69, 9.17) is 9.47 Å². The van der Waals surface area contributed by atoms with Gasteiger partial charge in [0.2, 0.25) is 0 Å². The van der Waals surface area contributed by atoms with Crippen LogP contribution in [0.25, 0.3) is 19.5 Å². The zero-order chi connectivity index (χ0) is 25.5. The Hall–Kier alpha value is -1.41. The molecule has 2 nitrogen and oxygen atoms in total. The van der Waals surface area contributed by atoms with E-state index in [9.17, 15) is 0 Å². The fraction of sp³-hybridized carbons (Fsp3) is 0.419. The van der Waals surface area contributed by atoms with Gasteiger partial charge in [-0.2, -0.15) is 12.6 Å². The Morgan fingerprint density at radius 2 is 1.00 bits per heavy atom. The first-order valence-corrected chi connectivity index (χ1v) is 16.5. The van der Waals surface area contributed by atoms with Crippen LogP contribution in [0.5, 0.6) is 0 Å². The molecule has 6 heteroatoms. The quantitative estimate of drug-likeness (QED) is 0.0947. The molecule has 37 heavy (non-hydrogen) atoms. The van der Waals surface area contributed by atoms with Gasteiger partial charge in [0.05, 0.1) is 19.8 Å². The van der Waals surface area contributed by atoms with Crippen LogP contribution in [-0.2, 0) is 29.3 Å². The normalized spacial score (nSPS) is 11.4. The summed E-state index contributed by atoms with van der Waals surface area (Å²) >= 11 is 9.82. The third-order valence-electron chi connectivity index (χ3n) is 6.21. The minimum absolute atomic E-state index is 0.652. The highest BCUT2D eigenvalue weighted by atomic mass is 32.1. The largest absolute Gasteiger partial charge is 0.376 e. The summed E-state index contributed by atoms with van der Waals surface area (Å²) in [6, 6.07) is 23.7. The average Bonchev–Trinajstić information content (AvgIpc) is 3.69. The van der Waals surface area contributed by atoms with Gasteiger partial charge in [0.25, 0.3) is 0 Å². The summed E-state index contributed by atoms with van der Waals surface area (Å²) in [4.78, 5) is 7.87. The molecule has 0 spiro atoms. The number of unbranched alkanes of at least 4 members (excludes halogenated alkanes) is 7. The van der Waals surface area contributed by atoms with Crippen molar-refractivity contribution in [3.63, 3.8) is 0 Å². The fourth-order valence-corrected chi connectivity index (χ4v) is 7.47. The molecule has 0 fully saturated rings. The van der Waals surface area contributed by atoms with E-state index in [1.54, 1.807) is 0 Å². The molecule has 0 N–H and O–H groups in total. The molecule has 0 saturated carbocycles. The van der Waals surface area contributed by atoms with Crippen molar-refractivity contribution in [2.24, 2.45) is 0 Å². The third kappa shape index (κ3) is 10.0. The molecule has 198 valence electrons. The highest BCUT2D eigenvalue weighted by Gasteiger charge is 2.10. The van der Waals surface area contributed by atoms with Crippen molar-refractivity contribution in [1.82, 2.24) is 0 Å². The van der Waals surface area contributed by atoms with Gasteiger partial charge in [-0.05, 0) is 60.6 Å². The Kier molecular flexibility index (Phi) is 12.8. The molecule has 0 saturated heterocycles. The summed E-state index contributed by atoms with van der Waals surface area (Å²) in [5.41, 5.74) is 1.21. The van der Waals surface area contributed by atoms with Gasteiger partial charge in [0, 0.05) is 35.9 Å².